The summed E-state index contributed by atoms with van der Waals surface area (Å²) in [6, 6.07) is 8.42. The smallest absolute Gasteiger partial charge is 0.291 e. The van der Waals surface area contributed by atoms with Gasteiger partial charge in [-0.3, -0.25) is 4.79 Å². The number of benzene rings is 1. The molecule has 4 rings (SSSR count). The molecule has 2 aromatic rings. The fraction of sp³-hybridized carbons (Fsp3) is 0.500. The number of furan rings is 1. The van der Waals surface area contributed by atoms with Crippen LogP contribution in [0.5, 0.6) is 0 Å². The Labute approximate surface area is 183 Å². The Bertz CT molecular complexity index is 1020. The molecule has 2 aliphatic rings. The molecule has 0 spiro atoms. The second-order valence-electron chi connectivity index (χ2n) is 7.82. The number of nitrogens with zero attached hydrogens (tertiary/aromatic N) is 2. The van der Waals surface area contributed by atoms with Gasteiger partial charge >= 0.3 is 0 Å². The predicted molar refractivity (Wildman–Crippen MR) is 118 cm³/mol. The molecule has 2 fully saturated rings. The Morgan fingerprint density at radius 3 is 2.45 bits per heavy atom. The molecule has 1 aromatic heterocycles. The van der Waals surface area contributed by atoms with Crippen LogP contribution in [0.25, 0.3) is 0 Å². The van der Waals surface area contributed by atoms with Crippen LogP contribution in [-0.2, 0) is 21.2 Å². The van der Waals surface area contributed by atoms with E-state index >= 15 is 0 Å². The van der Waals surface area contributed by atoms with Crippen LogP contribution in [0.3, 0.4) is 0 Å². The number of carbonyl (C=O) groups is 1. The number of aryl methyl sites for hydroxylation is 1. The van der Waals surface area contributed by atoms with E-state index in [4.69, 9.17) is 9.15 Å². The number of ether oxygens (including phenoxy) is 1. The van der Waals surface area contributed by atoms with E-state index < -0.39 is 10.0 Å². The molecule has 1 amide bonds. The summed E-state index contributed by atoms with van der Waals surface area (Å²) >= 11 is 0. The predicted octanol–water partition coefficient (Wildman–Crippen LogP) is 3.11. The lowest BCUT2D eigenvalue weighted by Gasteiger charge is -2.31. The van der Waals surface area contributed by atoms with Gasteiger partial charge in [0.1, 0.15) is 5.76 Å². The van der Waals surface area contributed by atoms with Crippen molar-refractivity contribution in [1.82, 2.24) is 4.31 Å². The number of anilines is 2. The first-order valence-electron chi connectivity index (χ1n) is 10.9. The molecule has 0 unspecified atom stereocenters. The van der Waals surface area contributed by atoms with Crippen molar-refractivity contribution in [1.29, 1.82) is 0 Å². The zero-order valence-corrected chi connectivity index (χ0v) is 18.6. The summed E-state index contributed by atoms with van der Waals surface area (Å²) in [5.41, 5.74) is 1.31. The summed E-state index contributed by atoms with van der Waals surface area (Å²) in [7, 11) is -3.67. The Balaban J connectivity index is 1.66. The maximum Gasteiger partial charge on any atom is 0.291 e. The van der Waals surface area contributed by atoms with Crippen LogP contribution in [0.15, 0.2) is 39.6 Å². The maximum absolute atomic E-state index is 13.2. The summed E-state index contributed by atoms with van der Waals surface area (Å²) in [5.74, 6) is 0.548. The third kappa shape index (κ3) is 4.78. The van der Waals surface area contributed by atoms with Gasteiger partial charge in [-0.15, -0.1) is 0 Å². The average molecular weight is 448 g/mol. The van der Waals surface area contributed by atoms with Crippen molar-refractivity contribution >= 4 is 27.3 Å². The van der Waals surface area contributed by atoms with Crippen molar-refractivity contribution in [2.75, 3.05) is 49.6 Å². The minimum absolute atomic E-state index is 0.166. The second kappa shape index (κ2) is 9.42. The highest BCUT2D eigenvalue weighted by atomic mass is 32.2. The molecule has 1 N–H and O–H groups in total. The van der Waals surface area contributed by atoms with Crippen LogP contribution in [0.1, 0.15) is 42.5 Å². The SMILES string of the molecule is CCc1ccc(C(=O)Nc2cc(S(=O)(=O)N3CCOCC3)ccc2N2CCCCC2)o1. The van der Waals surface area contributed by atoms with Crippen molar-refractivity contribution in [2.24, 2.45) is 0 Å². The monoisotopic (exact) mass is 447 g/mol. The number of hydrogen-bond donors (Lipinski definition) is 1. The zero-order chi connectivity index (χ0) is 21.8. The minimum atomic E-state index is -3.67. The van der Waals surface area contributed by atoms with Gasteiger partial charge in [-0.1, -0.05) is 6.92 Å². The highest BCUT2D eigenvalue weighted by molar-refractivity contribution is 7.89. The third-order valence-electron chi connectivity index (χ3n) is 5.75. The normalized spacial score (nSPS) is 18.2. The lowest BCUT2D eigenvalue weighted by molar-refractivity contribution is 0.0730. The minimum Gasteiger partial charge on any atom is -0.456 e. The second-order valence-corrected chi connectivity index (χ2v) is 9.75. The molecule has 2 saturated heterocycles. The summed E-state index contributed by atoms with van der Waals surface area (Å²) in [5, 5.41) is 2.89. The lowest BCUT2D eigenvalue weighted by atomic mass is 10.1. The topological polar surface area (TPSA) is 92.1 Å². The van der Waals surface area contributed by atoms with Crippen molar-refractivity contribution in [3.63, 3.8) is 0 Å². The van der Waals surface area contributed by atoms with Crippen LogP contribution in [0, 0.1) is 0 Å². The first-order chi connectivity index (χ1) is 15.0. The van der Waals surface area contributed by atoms with Crippen LogP contribution in [0.4, 0.5) is 11.4 Å². The molecule has 0 atom stereocenters. The van der Waals surface area contributed by atoms with Gasteiger partial charge in [0.25, 0.3) is 5.91 Å². The first kappa shape index (κ1) is 21.9. The number of amides is 1. The van der Waals surface area contributed by atoms with E-state index in [1.165, 1.54) is 10.7 Å². The third-order valence-corrected chi connectivity index (χ3v) is 7.65. The number of morpholine rings is 1. The molecule has 9 heteroatoms. The van der Waals surface area contributed by atoms with E-state index in [0.29, 0.717) is 38.4 Å². The number of nitrogens with one attached hydrogen (secondary N) is 1. The Hall–Kier alpha value is -2.36. The molecular weight excluding hydrogens is 418 g/mol. The van der Waals surface area contributed by atoms with Gasteiger partial charge < -0.3 is 19.4 Å². The molecule has 8 nitrogen and oxygen atoms in total. The van der Waals surface area contributed by atoms with Crippen molar-refractivity contribution in [3.8, 4) is 0 Å². The summed E-state index contributed by atoms with van der Waals surface area (Å²) < 4.78 is 38.6. The van der Waals surface area contributed by atoms with E-state index in [1.54, 1.807) is 30.3 Å². The largest absolute Gasteiger partial charge is 0.456 e. The van der Waals surface area contributed by atoms with E-state index in [0.717, 1.165) is 37.4 Å². The quantitative estimate of drug-likeness (QED) is 0.732. The molecule has 0 bridgehead atoms. The molecule has 0 radical (unpaired) electrons. The Morgan fingerprint density at radius 2 is 1.77 bits per heavy atom. The van der Waals surface area contributed by atoms with Crippen LogP contribution in [-0.4, -0.2) is 58.0 Å². The summed E-state index contributed by atoms with van der Waals surface area (Å²) in [6.45, 7) is 5.11. The van der Waals surface area contributed by atoms with Gasteiger partial charge in [0, 0.05) is 32.6 Å². The van der Waals surface area contributed by atoms with E-state index in [9.17, 15) is 13.2 Å². The van der Waals surface area contributed by atoms with Crippen molar-refractivity contribution in [3.05, 3.63) is 41.9 Å². The molecule has 168 valence electrons. The van der Waals surface area contributed by atoms with Crippen molar-refractivity contribution in [2.45, 2.75) is 37.5 Å². The van der Waals surface area contributed by atoms with Gasteiger partial charge in [0.05, 0.1) is 29.5 Å². The lowest BCUT2D eigenvalue weighted by Crippen LogP contribution is -2.40. The maximum atomic E-state index is 13.2. The fourth-order valence-electron chi connectivity index (χ4n) is 4.00. The Kier molecular flexibility index (Phi) is 6.64. The van der Waals surface area contributed by atoms with Crippen molar-refractivity contribution < 1.29 is 22.4 Å². The number of rotatable bonds is 6. The van der Waals surface area contributed by atoms with Crippen LogP contribution in [0.2, 0.25) is 0 Å². The van der Waals surface area contributed by atoms with Gasteiger partial charge in [0.15, 0.2) is 5.76 Å². The number of hydrogen-bond acceptors (Lipinski definition) is 6. The van der Waals surface area contributed by atoms with Gasteiger partial charge in [0.2, 0.25) is 10.0 Å². The van der Waals surface area contributed by atoms with E-state index in [-0.39, 0.29) is 16.6 Å². The molecule has 0 saturated carbocycles. The Morgan fingerprint density at radius 1 is 1.03 bits per heavy atom. The highest BCUT2D eigenvalue weighted by Gasteiger charge is 2.28. The van der Waals surface area contributed by atoms with Gasteiger partial charge in [-0.2, -0.15) is 4.31 Å². The molecule has 2 aliphatic heterocycles. The number of sulfonamides is 1. The molecule has 3 heterocycles. The molecule has 1 aromatic carbocycles. The average Bonchev–Trinajstić information content (AvgIpc) is 3.30. The summed E-state index contributed by atoms with van der Waals surface area (Å²) in [4.78, 5) is 15.2. The van der Waals surface area contributed by atoms with Gasteiger partial charge in [-0.05, 0) is 49.6 Å². The fourth-order valence-corrected chi connectivity index (χ4v) is 5.43. The standard InChI is InChI=1S/C22H29N3O5S/c1-2-17-6-9-21(30-17)22(26)23-19-16-18(31(27,28)25-12-14-29-15-13-25)7-8-20(19)24-10-4-3-5-11-24/h6-9,16H,2-5,10-15H2,1H3,(H,23,26). The van der Waals surface area contributed by atoms with E-state index in [1.807, 2.05) is 6.92 Å². The number of carbonyl (C=O) groups excluding carboxylic acids is 1. The van der Waals surface area contributed by atoms with Crippen LogP contribution < -0.4 is 10.2 Å². The van der Waals surface area contributed by atoms with Gasteiger partial charge in [-0.25, -0.2) is 8.42 Å². The summed E-state index contributed by atoms with van der Waals surface area (Å²) in [6.07, 6.45) is 4.01. The highest BCUT2D eigenvalue weighted by Crippen LogP contribution is 2.32. The molecule has 0 aliphatic carbocycles. The van der Waals surface area contributed by atoms with Crippen LogP contribution >= 0.6 is 0 Å². The van der Waals surface area contributed by atoms with E-state index in [2.05, 4.69) is 10.2 Å². The number of piperidine rings is 1. The molecular formula is C22H29N3O5S. The zero-order valence-electron chi connectivity index (χ0n) is 17.8. The first-order valence-corrected chi connectivity index (χ1v) is 12.3. The molecule has 31 heavy (non-hydrogen) atoms.